The number of hydrogen-bond acceptors (Lipinski definition) is 5. The largest absolute Gasteiger partial charge is 0.490 e. The number of benzene rings is 3. The van der Waals surface area contributed by atoms with Crippen LogP contribution >= 0.6 is 0 Å². The van der Waals surface area contributed by atoms with Crippen molar-refractivity contribution < 1.29 is 28.2 Å². The molecule has 2 amide bonds. The Bertz CT molecular complexity index is 1020. The average Bonchev–Trinajstić information content (AvgIpc) is 2.79. The minimum absolute atomic E-state index is 0.297. The maximum absolute atomic E-state index is 12.9. The summed E-state index contributed by atoms with van der Waals surface area (Å²) in [5, 5.41) is 0. The van der Waals surface area contributed by atoms with Crippen molar-refractivity contribution in [2.75, 3.05) is 13.2 Å². The number of amides is 2. The summed E-state index contributed by atoms with van der Waals surface area (Å²) in [6.45, 7) is 2.02. The molecule has 2 N–H and O–H groups in total. The first kappa shape index (κ1) is 21.6. The molecule has 0 bridgehead atoms. The van der Waals surface area contributed by atoms with Crippen LogP contribution in [0.1, 0.15) is 17.3 Å². The van der Waals surface area contributed by atoms with Crippen LogP contribution in [0, 0.1) is 5.82 Å². The molecule has 0 atom stereocenters. The van der Waals surface area contributed by atoms with E-state index in [0.717, 1.165) is 0 Å². The van der Waals surface area contributed by atoms with Crippen LogP contribution in [0.15, 0.2) is 72.8 Å². The molecule has 3 aromatic carbocycles. The van der Waals surface area contributed by atoms with Gasteiger partial charge in [0.05, 0.1) is 6.61 Å². The highest BCUT2D eigenvalue weighted by atomic mass is 19.1. The standard InChI is InChI=1S/C23H21FN2O5/c1-2-29-20-5-3-4-6-21(20)30-15-22(27)25-26-23(28)16-7-11-18(12-8-16)31-19-13-9-17(24)10-14-19/h3-14H,2,15H2,1H3,(H,25,27)(H,26,28). The van der Waals surface area contributed by atoms with Gasteiger partial charge < -0.3 is 14.2 Å². The van der Waals surface area contributed by atoms with E-state index in [2.05, 4.69) is 10.9 Å². The predicted molar refractivity (Wildman–Crippen MR) is 112 cm³/mol. The van der Waals surface area contributed by atoms with E-state index >= 15 is 0 Å². The lowest BCUT2D eigenvalue weighted by atomic mass is 10.2. The van der Waals surface area contributed by atoms with Crippen LogP contribution in [-0.2, 0) is 4.79 Å². The van der Waals surface area contributed by atoms with Crippen molar-refractivity contribution in [2.24, 2.45) is 0 Å². The number of halogens is 1. The van der Waals surface area contributed by atoms with Crippen LogP contribution in [0.5, 0.6) is 23.0 Å². The Morgan fingerprint density at radius 3 is 2.00 bits per heavy atom. The number of rotatable bonds is 8. The lowest BCUT2D eigenvalue weighted by Gasteiger charge is -2.12. The molecule has 0 fully saturated rings. The molecule has 0 aromatic heterocycles. The van der Waals surface area contributed by atoms with Crippen molar-refractivity contribution in [3.05, 3.63) is 84.2 Å². The van der Waals surface area contributed by atoms with Gasteiger partial charge in [-0.05, 0) is 67.6 Å². The molecule has 0 heterocycles. The van der Waals surface area contributed by atoms with Gasteiger partial charge in [0.15, 0.2) is 18.1 Å². The van der Waals surface area contributed by atoms with Gasteiger partial charge >= 0.3 is 0 Å². The molecule has 0 unspecified atom stereocenters. The van der Waals surface area contributed by atoms with E-state index in [1.54, 1.807) is 36.4 Å². The van der Waals surface area contributed by atoms with Crippen molar-refractivity contribution in [3.63, 3.8) is 0 Å². The van der Waals surface area contributed by atoms with E-state index in [0.29, 0.717) is 35.2 Å². The van der Waals surface area contributed by atoms with Crippen LogP contribution in [-0.4, -0.2) is 25.0 Å². The maximum atomic E-state index is 12.9. The van der Waals surface area contributed by atoms with Crippen molar-refractivity contribution in [3.8, 4) is 23.0 Å². The maximum Gasteiger partial charge on any atom is 0.276 e. The van der Waals surface area contributed by atoms with Gasteiger partial charge in [-0.15, -0.1) is 0 Å². The first-order chi connectivity index (χ1) is 15.0. The highest BCUT2D eigenvalue weighted by molar-refractivity contribution is 5.95. The lowest BCUT2D eigenvalue weighted by molar-refractivity contribution is -0.123. The zero-order valence-electron chi connectivity index (χ0n) is 16.8. The summed E-state index contributed by atoms with van der Waals surface area (Å²) < 4.78 is 29.4. The van der Waals surface area contributed by atoms with Gasteiger partial charge in [0, 0.05) is 5.56 Å². The van der Waals surface area contributed by atoms with Gasteiger partial charge in [0.1, 0.15) is 17.3 Å². The fraction of sp³-hybridized carbons (Fsp3) is 0.130. The SMILES string of the molecule is CCOc1ccccc1OCC(=O)NNC(=O)c1ccc(Oc2ccc(F)cc2)cc1. The summed E-state index contributed by atoms with van der Waals surface area (Å²) in [7, 11) is 0. The fourth-order valence-corrected chi connectivity index (χ4v) is 2.54. The monoisotopic (exact) mass is 424 g/mol. The molecule has 0 spiro atoms. The van der Waals surface area contributed by atoms with E-state index in [1.165, 1.54) is 36.4 Å². The molecule has 0 aliphatic heterocycles. The first-order valence-electron chi connectivity index (χ1n) is 9.52. The van der Waals surface area contributed by atoms with Crippen molar-refractivity contribution in [2.45, 2.75) is 6.92 Å². The second-order valence-corrected chi connectivity index (χ2v) is 6.25. The van der Waals surface area contributed by atoms with Crippen LogP contribution in [0.2, 0.25) is 0 Å². The molecule has 3 aromatic rings. The van der Waals surface area contributed by atoms with Crippen molar-refractivity contribution in [1.29, 1.82) is 0 Å². The molecule has 8 heteroatoms. The number of hydrazine groups is 1. The predicted octanol–water partition coefficient (Wildman–Crippen LogP) is 3.86. The number of ether oxygens (including phenoxy) is 3. The summed E-state index contributed by atoms with van der Waals surface area (Å²) >= 11 is 0. The Hall–Kier alpha value is -4.07. The van der Waals surface area contributed by atoms with Gasteiger partial charge in [-0.2, -0.15) is 0 Å². The molecular weight excluding hydrogens is 403 g/mol. The second kappa shape index (κ2) is 10.6. The minimum Gasteiger partial charge on any atom is -0.490 e. The van der Waals surface area contributed by atoms with E-state index in [9.17, 15) is 14.0 Å². The average molecular weight is 424 g/mol. The Balaban J connectivity index is 1.46. The third kappa shape index (κ3) is 6.46. The molecule has 0 saturated carbocycles. The first-order valence-corrected chi connectivity index (χ1v) is 9.52. The van der Waals surface area contributed by atoms with Gasteiger partial charge in [0.25, 0.3) is 11.8 Å². The lowest BCUT2D eigenvalue weighted by Crippen LogP contribution is -2.43. The van der Waals surface area contributed by atoms with Gasteiger partial charge in [-0.1, -0.05) is 12.1 Å². The molecule has 0 aliphatic carbocycles. The highest BCUT2D eigenvalue weighted by Crippen LogP contribution is 2.26. The molecule has 0 aliphatic rings. The van der Waals surface area contributed by atoms with Crippen LogP contribution in [0.25, 0.3) is 0 Å². The third-order valence-electron chi connectivity index (χ3n) is 3.99. The molecule has 7 nitrogen and oxygen atoms in total. The highest BCUT2D eigenvalue weighted by Gasteiger charge is 2.10. The fourth-order valence-electron chi connectivity index (χ4n) is 2.54. The Morgan fingerprint density at radius 1 is 0.806 bits per heavy atom. The Kier molecular flexibility index (Phi) is 7.42. The summed E-state index contributed by atoms with van der Waals surface area (Å²) in [5.41, 5.74) is 4.92. The summed E-state index contributed by atoms with van der Waals surface area (Å²) in [5.74, 6) is 0.523. The van der Waals surface area contributed by atoms with Crippen molar-refractivity contribution >= 4 is 11.8 Å². The summed E-state index contributed by atoms with van der Waals surface area (Å²) in [6, 6.07) is 18.8. The van der Waals surface area contributed by atoms with Crippen LogP contribution in [0.3, 0.4) is 0 Å². The Morgan fingerprint density at radius 2 is 1.39 bits per heavy atom. The normalized spacial score (nSPS) is 10.1. The molecule has 3 rings (SSSR count). The summed E-state index contributed by atoms with van der Waals surface area (Å²) in [6.07, 6.45) is 0. The topological polar surface area (TPSA) is 85.9 Å². The van der Waals surface area contributed by atoms with Gasteiger partial charge in [0.2, 0.25) is 0 Å². The molecular formula is C23H21FN2O5. The zero-order valence-corrected chi connectivity index (χ0v) is 16.8. The van der Waals surface area contributed by atoms with Gasteiger partial charge in [-0.3, -0.25) is 20.4 Å². The third-order valence-corrected chi connectivity index (χ3v) is 3.99. The van der Waals surface area contributed by atoms with Crippen molar-refractivity contribution in [1.82, 2.24) is 10.9 Å². The minimum atomic E-state index is -0.532. The van der Waals surface area contributed by atoms with Crippen LogP contribution < -0.4 is 25.1 Å². The zero-order chi connectivity index (χ0) is 22.1. The van der Waals surface area contributed by atoms with E-state index < -0.39 is 11.8 Å². The molecule has 0 radical (unpaired) electrons. The smallest absolute Gasteiger partial charge is 0.276 e. The second-order valence-electron chi connectivity index (χ2n) is 6.25. The molecule has 0 saturated heterocycles. The van der Waals surface area contributed by atoms with Crippen LogP contribution in [0.4, 0.5) is 4.39 Å². The number of para-hydroxylation sites is 2. The number of hydrogen-bond donors (Lipinski definition) is 2. The van der Waals surface area contributed by atoms with E-state index in [1.807, 2.05) is 6.92 Å². The summed E-state index contributed by atoms with van der Waals surface area (Å²) in [4.78, 5) is 24.2. The van der Waals surface area contributed by atoms with E-state index in [4.69, 9.17) is 14.2 Å². The number of carbonyl (C=O) groups is 2. The molecule has 31 heavy (non-hydrogen) atoms. The Labute approximate surface area is 178 Å². The van der Waals surface area contributed by atoms with Gasteiger partial charge in [-0.25, -0.2) is 4.39 Å². The molecule has 160 valence electrons. The van der Waals surface area contributed by atoms with E-state index in [-0.39, 0.29) is 12.4 Å². The number of carbonyl (C=O) groups excluding carboxylic acids is 2. The number of nitrogens with one attached hydrogen (secondary N) is 2. The quantitative estimate of drug-likeness (QED) is 0.537.